The second kappa shape index (κ2) is 6.52. The third-order valence-corrected chi connectivity index (χ3v) is 5.23. The van der Waals surface area contributed by atoms with E-state index < -0.39 is 10.0 Å². The van der Waals surface area contributed by atoms with E-state index >= 15 is 0 Å². The van der Waals surface area contributed by atoms with Crippen molar-refractivity contribution in [3.8, 4) is 5.75 Å². The molecule has 0 aliphatic carbocycles. The van der Waals surface area contributed by atoms with Gasteiger partial charge in [0.15, 0.2) is 0 Å². The lowest BCUT2D eigenvalue weighted by atomic mass is 10.2. The molecular formula is C13H17N3O3S2. The van der Waals surface area contributed by atoms with Crippen LogP contribution in [-0.4, -0.2) is 20.5 Å². The van der Waals surface area contributed by atoms with E-state index in [-0.39, 0.29) is 18.0 Å². The molecule has 1 aromatic carbocycles. The number of hydrogen-bond donors (Lipinski definition) is 2. The normalized spacial score (nSPS) is 11.6. The number of sulfonamides is 1. The third kappa shape index (κ3) is 3.79. The van der Waals surface area contributed by atoms with Gasteiger partial charge < -0.3 is 10.5 Å². The minimum Gasteiger partial charge on any atom is -0.496 e. The molecular weight excluding hydrogens is 310 g/mol. The van der Waals surface area contributed by atoms with Crippen LogP contribution in [-0.2, 0) is 23.1 Å². The molecule has 0 amide bonds. The zero-order valence-electron chi connectivity index (χ0n) is 11.8. The molecule has 3 N–H and O–H groups in total. The molecule has 21 heavy (non-hydrogen) atoms. The molecule has 0 saturated carbocycles. The van der Waals surface area contributed by atoms with Gasteiger partial charge in [-0.15, -0.1) is 11.3 Å². The summed E-state index contributed by atoms with van der Waals surface area (Å²) in [6.45, 7) is 2.24. The summed E-state index contributed by atoms with van der Waals surface area (Å²) in [6.07, 6.45) is 0. The summed E-state index contributed by atoms with van der Waals surface area (Å²) in [5.41, 5.74) is 7.13. The molecule has 0 unspecified atom stereocenters. The zero-order chi connectivity index (χ0) is 15.5. The maximum absolute atomic E-state index is 12.3. The molecule has 0 atom stereocenters. The maximum Gasteiger partial charge on any atom is 0.240 e. The summed E-state index contributed by atoms with van der Waals surface area (Å²) in [7, 11) is -2.08. The van der Waals surface area contributed by atoms with Gasteiger partial charge in [-0.1, -0.05) is 0 Å². The van der Waals surface area contributed by atoms with Crippen molar-refractivity contribution in [3.05, 3.63) is 39.8 Å². The van der Waals surface area contributed by atoms with E-state index in [9.17, 15) is 8.42 Å². The van der Waals surface area contributed by atoms with Crippen molar-refractivity contribution < 1.29 is 13.2 Å². The lowest BCUT2D eigenvalue weighted by Gasteiger charge is -2.10. The number of aromatic nitrogens is 1. The van der Waals surface area contributed by atoms with Gasteiger partial charge in [0.1, 0.15) is 10.8 Å². The van der Waals surface area contributed by atoms with Crippen LogP contribution in [0.3, 0.4) is 0 Å². The largest absolute Gasteiger partial charge is 0.496 e. The van der Waals surface area contributed by atoms with Crippen LogP contribution in [0.2, 0.25) is 0 Å². The fourth-order valence-corrected chi connectivity index (χ4v) is 3.65. The van der Waals surface area contributed by atoms with E-state index in [1.807, 2.05) is 12.3 Å². The first-order valence-electron chi connectivity index (χ1n) is 6.24. The smallest absolute Gasteiger partial charge is 0.240 e. The molecule has 114 valence electrons. The van der Waals surface area contributed by atoms with Crippen molar-refractivity contribution in [1.82, 2.24) is 9.71 Å². The van der Waals surface area contributed by atoms with Gasteiger partial charge in [-0.2, -0.15) is 0 Å². The van der Waals surface area contributed by atoms with E-state index in [1.165, 1.54) is 30.6 Å². The molecule has 6 nitrogen and oxygen atoms in total. The number of hydrogen-bond acceptors (Lipinski definition) is 6. The maximum atomic E-state index is 12.3. The summed E-state index contributed by atoms with van der Waals surface area (Å²) in [4.78, 5) is 4.38. The molecule has 0 aliphatic rings. The minimum absolute atomic E-state index is 0.164. The molecule has 2 aromatic rings. The van der Waals surface area contributed by atoms with E-state index in [4.69, 9.17) is 10.5 Å². The predicted octanol–water partition coefficient (Wildman–Crippen LogP) is 1.40. The van der Waals surface area contributed by atoms with Crippen LogP contribution in [0.4, 0.5) is 0 Å². The second-order valence-electron chi connectivity index (χ2n) is 4.38. The average Bonchev–Trinajstić information content (AvgIpc) is 2.90. The average molecular weight is 327 g/mol. The number of thiazole rings is 1. The van der Waals surface area contributed by atoms with Crippen LogP contribution < -0.4 is 15.2 Å². The van der Waals surface area contributed by atoms with Gasteiger partial charge in [0.2, 0.25) is 10.0 Å². The van der Waals surface area contributed by atoms with Gasteiger partial charge >= 0.3 is 0 Å². The Labute approximate surface area is 128 Å². The molecule has 1 heterocycles. The second-order valence-corrected chi connectivity index (χ2v) is 7.09. The van der Waals surface area contributed by atoms with Gasteiger partial charge in [0.25, 0.3) is 0 Å². The predicted molar refractivity (Wildman–Crippen MR) is 81.8 cm³/mol. The Kier molecular flexibility index (Phi) is 4.94. The number of aryl methyl sites for hydroxylation is 1. The van der Waals surface area contributed by atoms with Crippen LogP contribution in [0.5, 0.6) is 5.75 Å². The SMILES string of the molecule is COc1ccc(S(=O)(=O)NCc2nc(C)cs2)cc1CN. The highest BCUT2D eigenvalue weighted by Crippen LogP contribution is 2.22. The number of nitrogens with one attached hydrogen (secondary N) is 1. The van der Waals surface area contributed by atoms with Crippen molar-refractivity contribution in [1.29, 1.82) is 0 Å². The number of nitrogens with two attached hydrogens (primary N) is 1. The molecule has 0 bridgehead atoms. The highest BCUT2D eigenvalue weighted by atomic mass is 32.2. The number of rotatable bonds is 6. The summed E-state index contributed by atoms with van der Waals surface area (Å²) in [5.74, 6) is 0.576. The molecule has 0 aliphatic heterocycles. The zero-order valence-corrected chi connectivity index (χ0v) is 13.4. The van der Waals surface area contributed by atoms with Crippen LogP contribution in [0.15, 0.2) is 28.5 Å². The first-order valence-corrected chi connectivity index (χ1v) is 8.60. The van der Waals surface area contributed by atoms with Crippen molar-refractivity contribution in [2.45, 2.75) is 24.9 Å². The third-order valence-electron chi connectivity index (χ3n) is 2.86. The Hall–Kier alpha value is -1.48. The first-order chi connectivity index (χ1) is 9.96. The summed E-state index contributed by atoms with van der Waals surface area (Å²) in [6, 6.07) is 4.62. The monoisotopic (exact) mass is 327 g/mol. The lowest BCUT2D eigenvalue weighted by Crippen LogP contribution is -2.23. The van der Waals surface area contributed by atoms with Crippen LogP contribution in [0.25, 0.3) is 0 Å². The summed E-state index contributed by atoms with van der Waals surface area (Å²) >= 11 is 1.42. The van der Waals surface area contributed by atoms with Crippen molar-refractivity contribution in [2.75, 3.05) is 7.11 Å². The van der Waals surface area contributed by atoms with E-state index in [1.54, 1.807) is 6.07 Å². The Bertz CT molecular complexity index is 726. The Morgan fingerprint density at radius 3 is 2.76 bits per heavy atom. The van der Waals surface area contributed by atoms with Crippen LogP contribution in [0, 0.1) is 6.92 Å². The van der Waals surface area contributed by atoms with Gasteiger partial charge in [-0.25, -0.2) is 18.1 Å². The van der Waals surface area contributed by atoms with E-state index in [0.29, 0.717) is 11.3 Å². The minimum atomic E-state index is -3.60. The molecule has 0 saturated heterocycles. The molecule has 0 fully saturated rings. The molecule has 0 radical (unpaired) electrons. The molecule has 2 rings (SSSR count). The first kappa shape index (κ1) is 15.9. The summed E-state index contributed by atoms with van der Waals surface area (Å²) < 4.78 is 32.2. The lowest BCUT2D eigenvalue weighted by molar-refractivity contribution is 0.409. The Morgan fingerprint density at radius 2 is 2.19 bits per heavy atom. The standard InChI is InChI=1S/C13H17N3O3S2/c1-9-8-20-13(16-9)7-15-21(17,18)11-3-4-12(19-2)10(5-11)6-14/h3-5,8,15H,6-7,14H2,1-2H3. The number of nitrogens with zero attached hydrogens (tertiary/aromatic N) is 1. The topological polar surface area (TPSA) is 94.3 Å². The fraction of sp³-hybridized carbons (Fsp3) is 0.308. The summed E-state index contributed by atoms with van der Waals surface area (Å²) in [5, 5.41) is 2.60. The number of methoxy groups -OCH3 is 1. The number of benzene rings is 1. The highest BCUT2D eigenvalue weighted by molar-refractivity contribution is 7.89. The molecule has 8 heteroatoms. The van der Waals surface area contributed by atoms with Crippen molar-refractivity contribution >= 4 is 21.4 Å². The van der Waals surface area contributed by atoms with E-state index in [2.05, 4.69) is 9.71 Å². The molecule has 1 aromatic heterocycles. The van der Waals surface area contributed by atoms with Crippen LogP contribution in [0.1, 0.15) is 16.3 Å². The highest BCUT2D eigenvalue weighted by Gasteiger charge is 2.16. The Balaban J connectivity index is 2.19. The van der Waals surface area contributed by atoms with Gasteiger partial charge in [-0.3, -0.25) is 0 Å². The number of ether oxygens (including phenoxy) is 1. The van der Waals surface area contributed by atoms with Gasteiger partial charge in [0.05, 0.1) is 18.6 Å². The molecule has 0 spiro atoms. The van der Waals surface area contributed by atoms with Gasteiger partial charge in [-0.05, 0) is 25.1 Å². The fourth-order valence-electron chi connectivity index (χ4n) is 1.81. The quantitative estimate of drug-likeness (QED) is 0.836. The van der Waals surface area contributed by atoms with Gasteiger partial charge in [0, 0.05) is 23.2 Å². The van der Waals surface area contributed by atoms with Crippen molar-refractivity contribution in [3.63, 3.8) is 0 Å². The van der Waals surface area contributed by atoms with Crippen molar-refractivity contribution in [2.24, 2.45) is 5.73 Å². The van der Waals surface area contributed by atoms with E-state index in [0.717, 1.165) is 10.7 Å². The van der Waals surface area contributed by atoms with Crippen LogP contribution >= 0.6 is 11.3 Å². The Morgan fingerprint density at radius 1 is 1.43 bits per heavy atom.